The molecule has 2 fully saturated rings. The topological polar surface area (TPSA) is 91.4 Å². The summed E-state index contributed by atoms with van der Waals surface area (Å²) in [5.74, 6) is 7.67. The van der Waals surface area contributed by atoms with Gasteiger partial charge in [0, 0.05) is 49.0 Å². The number of anilines is 3. The van der Waals surface area contributed by atoms with E-state index >= 15 is 0 Å². The van der Waals surface area contributed by atoms with Crippen LogP contribution in [-0.4, -0.2) is 46.0 Å². The van der Waals surface area contributed by atoms with Crippen molar-refractivity contribution in [2.75, 3.05) is 35.2 Å². The Morgan fingerprint density at radius 3 is 2.70 bits per heavy atom. The van der Waals surface area contributed by atoms with Gasteiger partial charge in [-0.05, 0) is 62.4 Å². The van der Waals surface area contributed by atoms with E-state index in [1.54, 1.807) is 12.1 Å². The van der Waals surface area contributed by atoms with E-state index in [0.29, 0.717) is 29.0 Å². The van der Waals surface area contributed by atoms with Crippen molar-refractivity contribution in [3.05, 3.63) is 54.4 Å². The lowest BCUT2D eigenvalue weighted by molar-refractivity contribution is 0.477. The second kappa shape index (κ2) is 8.99. The van der Waals surface area contributed by atoms with Crippen molar-refractivity contribution in [3.63, 3.8) is 0 Å². The number of hydrogen-bond donors (Lipinski definition) is 2. The first kappa shape index (κ1) is 21.1. The fourth-order valence-corrected chi connectivity index (χ4v) is 4.22. The normalized spacial score (nSPS) is 18.4. The van der Waals surface area contributed by atoms with Crippen molar-refractivity contribution >= 4 is 17.2 Å². The molecule has 1 aliphatic carbocycles. The third kappa shape index (κ3) is 4.70. The fourth-order valence-electron chi connectivity index (χ4n) is 4.22. The Bertz CT molecular complexity index is 1210. The van der Waals surface area contributed by atoms with Crippen LogP contribution in [0, 0.1) is 17.8 Å². The molecule has 0 spiro atoms. The molecule has 2 aliphatic rings. The molecule has 3 N–H and O–H groups in total. The van der Waals surface area contributed by atoms with Crippen molar-refractivity contribution in [1.29, 1.82) is 0 Å². The first-order valence-corrected chi connectivity index (χ1v) is 11.5. The third-order valence-electron chi connectivity index (χ3n) is 6.34. The molecule has 168 valence electrons. The molecule has 0 radical (unpaired) electrons. The molecule has 1 aromatic carbocycles. The van der Waals surface area contributed by atoms with Gasteiger partial charge in [0.2, 0.25) is 0 Å². The maximum absolute atomic E-state index is 10.2. The highest BCUT2D eigenvalue weighted by Crippen LogP contribution is 2.32. The lowest BCUT2D eigenvalue weighted by Crippen LogP contribution is -2.35. The van der Waals surface area contributed by atoms with Gasteiger partial charge >= 0.3 is 0 Å². The molecule has 0 bridgehead atoms. The van der Waals surface area contributed by atoms with Crippen LogP contribution in [0.3, 0.4) is 0 Å². The minimum absolute atomic E-state index is 0.177. The minimum atomic E-state index is 0.177. The van der Waals surface area contributed by atoms with E-state index in [-0.39, 0.29) is 5.75 Å². The molecule has 3 heterocycles. The van der Waals surface area contributed by atoms with Crippen LogP contribution in [0.4, 0.5) is 17.2 Å². The quantitative estimate of drug-likeness (QED) is 0.600. The van der Waals surface area contributed by atoms with E-state index in [4.69, 9.17) is 5.73 Å². The Morgan fingerprint density at radius 1 is 1.03 bits per heavy atom. The number of aromatic hydroxyl groups is 1. The van der Waals surface area contributed by atoms with Crippen LogP contribution in [0.1, 0.15) is 31.9 Å². The maximum atomic E-state index is 10.2. The second-order valence-electron chi connectivity index (χ2n) is 8.78. The Kier molecular flexibility index (Phi) is 5.74. The van der Waals surface area contributed by atoms with Gasteiger partial charge in [0.05, 0.1) is 11.4 Å². The summed E-state index contributed by atoms with van der Waals surface area (Å²) in [4.78, 5) is 9.12. The smallest absolute Gasteiger partial charge is 0.169 e. The molecule has 5 rings (SSSR count). The number of nitrogens with two attached hydrogens (primary N) is 1. The van der Waals surface area contributed by atoms with Crippen molar-refractivity contribution < 1.29 is 5.11 Å². The predicted molar refractivity (Wildman–Crippen MR) is 131 cm³/mol. The molecule has 1 aliphatic heterocycles. The number of nitrogens with zero attached hydrogens (tertiary/aromatic N) is 5. The zero-order valence-electron chi connectivity index (χ0n) is 18.8. The van der Waals surface area contributed by atoms with Gasteiger partial charge in [-0.25, -0.2) is 4.98 Å². The monoisotopic (exact) mass is 440 g/mol. The molecule has 2 aromatic heterocycles. The van der Waals surface area contributed by atoms with E-state index in [1.807, 2.05) is 24.4 Å². The van der Waals surface area contributed by atoms with Gasteiger partial charge in [0.1, 0.15) is 11.4 Å². The summed E-state index contributed by atoms with van der Waals surface area (Å²) < 4.78 is 0. The summed E-state index contributed by atoms with van der Waals surface area (Å²) in [6.07, 6.45) is 5.25. The fraction of sp³-hybridized carbons (Fsp3) is 0.346. The highest BCUT2D eigenvalue weighted by Gasteiger charge is 2.24. The average molecular weight is 441 g/mol. The largest absolute Gasteiger partial charge is 0.507 e. The minimum Gasteiger partial charge on any atom is -0.507 e. The number of para-hydroxylation sites is 1. The van der Waals surface area contributed by atoms with Crippen LogP contribution >= 0.6 is 0 Å². The summed E-state index contributed by atoms with van der Waals surface area (Å²) in [7, 11) is 0. The number of rotatable bonds is 3. The summed E-state index contributed by atoms with van der Waals surface area (Å²) in [5.41, 5.74) is 10.3. The molecule has 3 aromatic rings. The lowest BCUT2D eigenvalue weighted by Gasteiger charge is -2.29. The predicted octanol–water partition coefficient (Wildman–Crippen LogP) is 3.69. The summed E-state index contributed by atoms with van der Waals surface area (Å²) in [5, 5.41) is 18.6. The van der Waals surface area contributed by atoms with E-state index in [0.717, 1.165) is 43.1 Å². The molecule has 7 heteroatoms. The lowest BCUT2D eigenvalue weighted by atomic mass is 10.1. The number of benzene rings is 1. The number of hydrogen-bond acceptors (Lipinski definition) is 7. The molecule has 0 amide bonds. The van der Waals surface area contributed by atoms with Crippen molar-refractivity contribution in [2.24, 2.45) is 5.92 Å². The first-order valence-electron chi connectivity index (χ1n) is 11.5. The Hall–Kier alpha value is -3.79. The van der Waals surface area contributed by atoms with Gasteiger partial charge < -0.3 is 20.6 Å². The van der Waals surface area contributed by atoms with Crippen molar-refractivity contribution in [1.82, 2.24) is 15.2 Å². The van der Waals surface area contributed by atoms with E-state index in [9.17, 15) is 5.11 Å². The molecular weight excluding hydrogens is 412 g/mol. The van der Waals surface area contributed by atoms with Gasteiger partial charge in [0.15, 0.2) is 5.82 Å². The number of phenolic OH excluding ortho intramolecular Hbond substituents is 1. The van der Waals surface area contributed by atoms with E-state index in [2.05, 4.69) is 55.9 Å². The van der Waals surface area contributed by atoms with Crippen LogP contribution in [0.25, 0.3) is 11.3 Å². The van der Waals surface area contributed by atoms with Crippen LogP contribution in [0.5, 0.6) is 5.75 Å². The number of aromatic nitrogens is 3. The zero-order chi connectivity index (χ0) is 22.8. The number of pyridine rings is 1. The Balaban J connectivity index is 1.37. The summed E-state index contributed by atoms with van der Waals surface area (Å²) >= 11 is 0. The summed E-state index contributed by atoms with van der Waals surface area (Å²) in [6.45, 7) is 4.74. The Morgan fingerprint density at radius 2 is 1.88 bits per heavy atom. The highest BCUT2D eigenvalue weighted by molar-refractivity contribution is 5.74. The van der Waals surface area contributed by atoms with Crippen molar-refractivity contribution in [2.45, 2.75) is 32.2 Å². The first-order chi connectivity index (χ1) is 16.1. The summed E-state index contributed by atoms with van der Waals surface area (Å²) in [6, 6.07) is 13.6. The zero-order valence-corrected chi connectivity index (χ0v) is 18.8. The standard InChI is InChI=1S/C26H28N6O/c1-18-11-13-31(24-17-23(29-30-26(24)27)22-4-2-3-5-25(22)33)14-15-32(18)21-10-12-28-20(16-21)9-8-19-6-7-19/h2-5,10,12,16-19,33H,6-7,11,13-15H2,1H3,(H2,27,30). The highest BCUT2D eigenvalue weighted by atomic mass is 16.3. The van der Waals surface area contributed by atoms with Crippen LogP contribution in [0.2, 0.25) is 0 Å². The van der Waals surface area contributed by atoms with Gasteiger partial charge in [-0.1, -0.05) is 18.1 Å². The van der Waals surface area contributed by atoms with Gasteiger partial charge in [0.25, 0.3) is 0 Å². The van der Waals surface area contributed by atoms with Gasteiger partial charge in [-0.15, -0.1) is 10.2 Å². The molecule has 7 nitrogen and oxygen atoms in total. The molecule has 33 heavy (non-hydrogen) atoms. The second-order valence-corrected chi connectivity index (χ2v) is 8.78. The van der Waals surface area contributed by atoms with Crippen LogP contribution in [0.15, 0.2) is 48.7 Å². The van der Waals surface area contributed by atoms with Crippen LogP contribution in [-0.2, 0) is 0 Å². The van der Waals surface area contributed by atoms with Crippen LogP contribution < -0.4 is 15.5 Å². The number of nitrogen functional groups attached to an aromatic ring is 1. The van der Waals surface area contributed by atoms with Crippen molar-refractivity contribution in [3.8, 4) is 28.8 Å². The molecule has 1 saturated heterocycles. The van der Waals surface area contributed by atoms with E-state index in [1.165, 1.54) is 12.8 Å². The SMILES string of the molecule is CC1CCN(c2cc(-c3ccccc3O)nnc2N)CCN1c1ccnc(C#CC2CC2)c1. The third-order valence-corrected chi connectivity index (χ3v) is 6.34. The maximum Gasteiger partial charge on any atom is 0.169 e. The van der Waals surface area contributed by atoms with Gasteiger partial charge in [-0.2, -0.15) is 0 Å². The molecule has 1 saturated carbocycles. The Labute approximate surface area is 194 Å². The van der Waals surface area contributed by atoms with Gasteiger partial charge in [-0.3, -0.25) is 0 Å². The average Bonchev–Trinajstić information content (AvgIpc) is 3.67. The molecular formula is C26H28N6O. The molecule has 1 unspecified atom stereocenters. The number of phenols is 1. The molecule has 1 atom stereocenters. The van der Waals surface area contributed by atoms with E-state index < -0.39 is 0 Å².